The fourth-order valence-corrected chi connectivity index (χ4v) is 3.32. The van der Waals surface area contributed by atoms with Gasteiger partial charge in [0.25, 0.3) is 0 Å². The molecule has 1 aromatic heterocycles. The van der Waals surface area contributed by atoms with Gasteiger partial charge in [-0.25, -0.2) is 9.97 Å². The lowest BCUT2D eigenvalue weighted by Crippen LogP contribution is -2.13. The van der Waals surface area contributed by atoms with E-state index in [4.69, 9.17) is 10.5 Å². The Labute approximate surface area is 110 Å². The largest absolute Gasteiger partial charge is 0.399 e. The highest BCUT2D eigenvalue weighted by Crippen LogP contribution is 2.34. The summed E-state index contributed by atoms with van der Waals surface area (Å²) in [5, 5.41) is 2.49. The van der Waals surface area contributed by atoms with Crippen molar-refractivity contribution in [1.29, 1.82) is 0 Å². The summed E-state index contributed by atoms with van der Waals surface area (Å²) >= 11 is 1.77. The van der Waals surface area contributed by atoms with Gasteiger partial charge in [-0.1, -0.05) is 11.8 Å². The number of aromatic nitrogens is 2. The molecule has 0 aliphatic carbocycles. The van der Waals surface area contributed by atoms with Gasteiger partial charge < -0.3 is 10.5 Å². The molecule has 94 valence electrons. The number of rotatable bonds is 2. The second-order valence-electron chi connectivity index (χ2n) is 4.48. The minimum atomic E-state index is 0.279. The molecule has 0 radical (unpaired) electrons. The van der Waals surface area contributed by atoms with Crippen LogP contribution in [0.4, 0.5) is 5.69 Å². The van der Waals surface area contributed by atoms with Gasteiger partial charge in [0.1, 0.15) is 11.4 Å². The number of nitrogens with two attached hydrogens (primary N) is 1. The molecule has 4 nitrogen and oxygen atoms in total. The van der Waals surface area contributed by atoms with Crippen LogP contribution >= 0.6 is 11.8 Å². The molecule has 1 aliphatic rings. The maximum atomic E-state index is 5.84. The third-order valence-electron chi connectivity index (χ3n) is 3.19. The minimum absolute atomic E-state index is 0.279. The summed E-state index contributed by atoms with van der Waals surface area (Å²) in [4.78, 5) is 8.65. The first-order valence-corrected chi connectivity index (χ1v) is 6.90. The Morgan fingerprint density at radius 1 is 1.39 bits per heavy atom. The van der Waals surface area contributed by atoms with Crippen LogP contribution in [0.15, 0.2) is 29.6 Å². The molecule has 1 aliphatic heterocycles. The number of nitrogens with zero attached hydrogens (tertiary/aromatic N) is 2. The van der Waals surface area contributed by atoms with Crippen LogP contribution in [0.3, 0.4) is 0 Å². The summed E-state index contributed by atoms with van der Waals surface area (Å²) in [6, 6.07) is 5.74. The van der Waals surface area contributed by atoms with Gasteiger partial charge in [0.05, 0.1) is 11.6 Å². The number of hydrogen-bond donors (Lipinski definition) is 1. The second-order valence-corrected chi connectivity index (χ2v) is 5.70. The number of benzene rings is 1. The van der Waals surface area contributed by atoms with E-state index in [2.05, 4.69) is 16.9 Å². The Morgan fingerprint density at radius 2 is 2.28 bits per heavy atom. The van der Waals surface area contributed by atoms with Crippen LogP contribution in [0, 0.1) is 0 Å². The molecule has 2 aromatic rings. The lowest BCUT2D eigenvalue weighted by molar-refractivity contribution is 0.127. The van der Waals surface area contributed by atoms with E-state index in [0.29, 0.717) is 5.25 Å². The minimum Gasteiger partial charge on any atom is -0.399 e. The molecular weight excluding hydrogens is 246 g/mol. The fourth-order valence-electron chi connectivity index (χ4n) is 2.15. The van der Waals surface area contributed by atoms with Crippen LogP contribution in [-0.4, -0.2) is 27.9 Å². The molecule has 2 heterocycles. The molecule has 0 amide bonds. The highest BCUT2D eigenvalue weighted by molar-refractivity contribution is 8.00. The molecule has 0 spiro atoms. The lowest BCUT2D eigenvalue weighted by atomic mass is 10.2. The molecule has 1 fully saturated rings. The number of ether oxygens (including phenoxy) is 1. The first kappa shape index (κ1) is 11.7. The molecule has 18 heavy (non-hydrogen) atoms. The summed E-state index contributed by atoms with van der Waals surface area (Å²) in [6.07, 6.45) is 2.96. The first-order valence-electron chi connectivity index (χ1n) is 6.02. The fraction of sp³-hybridized carbons (Fsp3) is 0.385. The van der Waals surface area contributed by atoms with Crippen molar-refractivity contribution >= 4 is 28.4 Å². The Morgan fingerprint density at radius 3 is 3.06 bits per heavy atom. The van der Waals surface area contributed by atoms with E-state index in [9.17, 15) is 0 Å². The van der Waals surface area contributed by atoms with E-state index in [1.807, 2.05) is 18.2 Å². The van der Waals surface area contributed by atoms with Crippen molar-refractivity contribution in [3.05, 3.63) is 24.5 Å². The van der Waals surface area contributed by atoms with Gasteiger partial charge in [-0.15, -0.1) is 0 Å². The molecule has 3 rings (SSSR count). The van der Waals surface area contributed by atoms with E-state index in [1.165, 1.54) is 0 Å². The third kappa shape index (κ3) is 2.15. The van der Waals surface area contributed by atoms with E-state index in [1.54, 1.807) is 18.1 Å². The predicted octanol–water partition coefficient (Wildman–Crippen LogP) is 2.48. The van der Waals surface area contributed by atoms with Crippen LogP contribution in [0.25, 0.3) is 10.9 Å². The molecule has 2 N–H and O–H groups in total. The zero-order valence-electron chi connectivity index (χ0n) is 10.2. The summed E-state index contributed by atoms with van der Waals surface area (Å²) in [7, 11) is 0. The van der Waals surface area contributed by atoms with Gasteiger partial charge in [-0.3, -0.25) is 0 Å². The van der Waals surface area contributed by atoms with Crippen LogP contribution in [0.5, 0.6) is 0 Å². The molecule has 2 unspecified atom stereocenters. The summed E-state index contributed by atoms with van der Waals surface area (Å²) in [5.74, 6) is 0. The SMILES string of the molecule is CC1OCCC1Sc1ncnc2ccc(N)cc12. The van der Waals surface area contributed by atoms with Crippen molar-refractivity contribution < 1.29 is 4.74 Å². The van der Waals surface area contributed by atoms with Crippen LogP contribution in [0.1, 0.15) is 13.3 Å². The predicted molar refractivity (Wildman–Crippen MR) is 73.6 cm³/mol. The van der Waals surface area contributed by atoms with Gasteiger partial charge in [-0.05, 0) is 31.5 Å². The van der Waals surface area contributed by atoms with E-state index < -0.39 is 0 Å². The van der Waals surface area contributed by atoms with Crippen LogP contribution in [0.2, 0.25) is 0 Å². The Kier molecular flexibility index (Phi) is 3.09. The summed E-state index contributed by atoms with van der Waals surface area (Å²) < 4.78 is 5.58. The van der Waals surface area contributed by atoms with Crippen molar-refractivity contribution in [2.75, 3.05) is 12.3 Å². The Bertz CT molecular complexity index is 575. The van der Waals surface area contributed by atoms with Crippen molar-refractivity contribution in [1.82, 2.24) is 9.97 Å². The standard InChI is InChI=1S/C13H15N3OS/c1-8-12(4-5-17-8)18-13-10-6-9(14)2-3-11(10)15-7-16-13/h2-3,6-8,12H,4-5,14H2,1H3. The third-order valence-corrected chi connectivity index (χ3v) is 4.66. The maximum absolute atomic E-state index is 5.84. The Hall–Kier alpha value is -1.33. The van der Waals surface area contributed by atoms with Crippen molar-refractivity contribution in [3.8, 4) is 0 Å². The normalized spacial score (nSPS) is 23.6. The number of nitrogen functional groups attached to an aromatic ring is 1. The average molecular weight is 261 g/mol. The van der Waals surface area contributed by atoms with Gasteiger partial charge in [0.2, 0.25) is 0 Å². The zero-order chi connectivity index (χ0) is 12.5. The molecule has 5 heteroatoms. The van der Waals surface area contributed by atoms with E-state index >= 15 is 0 Å². The van der Waals surface area contributed by atoms with Gasteiger partial charge in [0.15, 0.2) is 0 Å². The number of anilines is 1. The van der Waals surface area contributed by atoms with Crippen LogP contribution < -0.4 is 5.73 Å². The molecule has 2 atom stereocenters. The zero-order valence-corrected chi connectivity index (χ0v) is 11.0. The second kappa shape index (κ2) is 4.74. The van der Waals surface area contributed by atoms with Crippen molar-refractivity contribution in [3.63, 3.8) is 0 Å². The first-order chi connectivity index (χ1) is 8.74. The lowest BCUT2D eigenvalue weighted by Gasteiger charge is -2.13. The van der Waals surface area contributed by atoms with E-state index in [0.717, 1.165) is 34.6 Å². The number of fused-ring (bicyclic) bond motifs is 1. The van der Waals surface area contributed by atoms with Crippen molar-refractivity contribution in [2.24, 2.45) is 0 Å². The highest BCUT2D eigenvalue weighted by Gasteiger charge is 2.26. The van der Waals surface area contributed by atoms with Gasteiger partial charge >= 0.3 is 0 Å². The van der Waals surface area contributed by atoms with Crippen molar-refractivity contribution in [2.45, 2.75) is 29.7 Å². The molecule has 0 saturated carbocycles. The monoisotopic (exact) mass is 261 g/mol. The van der Waals surface area contributed by atoms with Gasteiger partial charge in [-0.2, -0.15) is 0 Å². The summed E-state index contributed by atoms with van der Waals surface area (Å²) in [6.45, 7) is 2.95. The topological polar surface area (TPSA) is 61.0 Å². The molecular formula is C13H15N3OS. The van der Waals surface area contributed by atoms with Crippen LogP contribution in [-0.2, 0) is 4.74 Å². The average Bonchev–Trinajstić information content (AvgIpc) is 2.76. The summed E-state index contributed by atoms with van der Waals surface area (Å²) in [5.41, 5.74) is 7.52. The number of hydrogen-bond acceptors (Lipinski definition) is 5. The maximum Gasteiger partial charge on any atom is 0.117 e. The highest BCUT2D eigenvalue weighted by atomic mass is 32.2. The van der Waals surface area contributed by atoms with Gasteiger partial charge in [0, 0.05) is 22.9 Å². The smallest absolute Gasteiger partial charge is 0.117 e. The van der Waals surface area contributed by atoms with E-state index in [-0.39, 0.29) is 6.10 Å². The Balaban J connectivity index is 1.98. The molecule has 1 aromatic carbocycles. The molecule has 0 bridgehead atoms. The molecule has 1 saturated heterocycles. The quantitative estimate of drug-likeness (QED) is 0.664. The number of thioether (sulfide) groups is 1.